The van der Waals surface area contributed by atoms with Crippen molar-refractivity contribution in [1.82, 2.24) is 0 Å². The number of amides is 1. The van der Waals surface area contributed by atoms with E-state index >= 15 is 0 Å². The monoisotopic (exact) mass is 290 g/mol. The summed E-state index contributed by atoms with van der Waals surface area (Å²) in [7, 11) is 1.67. The zero-order valence-corrected chi connectivity index (χ0v) is 13.4. The second kappa shape index (κ2) is 6.83. The van der Waals surface area contributed by atoms with Crippen molar-refractivity contribution in [2.24, 2.45) is 11.8 Å². The Hall–Kier alpha value is -1.71. The summed E-state index contributed by atoms with van der Waals surface area (Å²) < 4.78 is 5.43. The Bertz CT molecular complexity index is 502. The molecule has 1 aromatic rings. The lowest BCUT2D eigenvalue weighted by Gasteiger charge is -2.34. The number of hydrogen-bond donors (Lipinski definition) is 2. The van der Waals surface area contributed by atoms with Gasteiger partial charge in [-0.05, 0) is 42.9 Å². The lowest BCUT2D eigenvalue weighted by atomic mass is 9.80. The fourth-order valence-corrected chi connectivity index (χ4v) is 3.03. The second-order valence-electron chi connectivity index (χ2n) is 6.24. The van der Waals surface area contributed by atoms with Crippen molar-refractivity contribution in [2.75, 3.05) is 17.7 Å². The second-order valence-corrected chi connectivity index (χ2v) is 6.24. The van der Waals surface area contributed by atoms with Crippen molar-refractivity contribution < 1.29 is 9.53 Å². The third-order valence-electron chi connectivity index (χ3n) is 4.32. The Kier molecular flexibility index (Phi) is 5.10. The van der Waals surface area contributed by atoms with Gasteiger partial charge >= 0.3 is 0 Å². The lowest BCUT2D eigenvalue weighted by Crippen LogP contribution is -2.33. The number of methoxy groups -OCH3 is 1. The van der Waals surface area contributed by atoms with Gasteiger partial charge in [-0.15, -0.1) is 0 Å². The molecule has 4 heteroatoms. The van der Waals surface area contributed by atoms with Crippen LogP contribution in [0.5, 0.6) is 5.75 Å². The van der Waals surface area contributed by atoms with Crippen LogP contribution in [0.1, 0.15) is 40.0 Å². The summed E-state index contributed by atoms with van der Waals surface area (Å²) in [5.74, 6) is 2.15. The smallest absolute Gasteiger partial charge is 0.221 e. The highest BCUT2D eigenvalue weighted by Crippen LogP contribution is 2.34. The van der Waals surface area contributed by atoms with Gasteiger partial charge in [-0.2, -0.15) is 0 Å². The number of carbonyl (C=O) groups is 1. The van der Waals surface area contributed by atoms with Crippen LogP contribution in [0.25, 0.3) is 0 Å². The average molecular weight is 290 g/mol. The molecule has 1 aliphatic carbocycles. The number of hydrogen-bond acceptors (Lipinski definition) is 3. The van der Waals surface area contributed by atoms with Gasteiger partial charge in [-0.3, -0.25) is 4.79 Å². The molecule has 3 unspecified atom stereocenters. The maximum absolute atomic E-state index is 11.2. The van der Waals surface area contributed by atoms with E-state index in [1.165, 1.54) is 26.2 Å². The highest BCUT2D eigenvalue weighted by molar-refractivity contribution is 5.89. The van der Waals surface area contributed by atoms with E-state index in [0.717, 1.165) is 23.0 Å². The largest absolute Gasteiger partial charge is 0.495 e. The minimum Gasteiger partial charge on any atom is -0.495 e. The van der Waals surface area contributed by atoms with Gasteiger partial charge in [0, 0.05) is 18.7 Å². The fourth-order valence-electron chi connectivity index (χ4n) is 3.03. The van der Waals surface area contributed by atoms with Gasteiger partial charge in [0.2, 0.25) is 5.91 Å². The van der Waals surface area contributed by atoms with E-state index < -0.39 is 0 Å². The van der Waals surface area contributed by atoms with Crippen molar-refractivity contribution in [3.63, 3.8) is 0 Å². The van der Waals surface area contributed by atoms with Crippen LogP contribution in [0, 0.1) is 11.8 Å². The summed E-state index contributed by atoms with van der Waals surface area (Å²) in [5, 5.41) is 6.44. The van der Waals surface area contributed by atoms with Gasteiger partial charge < -0.3 is 15.4 Å². The number of carbonyl (C=O) groups excluding carboxylic acids is 1. The van der Waals surface area contributed by atoms with Crippen LogP contribution in [-0.4, -0.2) is 19.1 Å². The zero-order valence-electron chi connectivity index (χ0n) is 13.4. The molecule has 116 valence electrons. The van der Waals surface area contributed by atoms with Crippen LogP contribution in [-0.2, 0) is 4.79 Å². The van der Waals surface area contributed by atoms with Crippen LogP contribution < -0.4 is 15.4 Å². The Labute approximate surface area is 127 Å². The molecule has 1 saturated carbocycles. The van der Waals surface area contributed by atoms with E-state index in [0.29, 0.717) is 12.0 Å². The number of anilines is 2. The van der Waals surface area contributed by atoms with Crippen LogP contribution in [0.15, 0.2) is 18.2 Å². The minimum atomic E-state index is -0.0641. The van der Waals surface area contributed by atoms with Crippen molar-refractivity contribution in [2.45, 2.75) is 46.1 Å². The highest BCUT2D eigenvalue weighted by Gasteiger charge is 2.26. The quantitative estimate of drug-likeness (QED) is 0.884. The first-order chi connectivity index (χ1) is 9.99. The van der Waals surface area contributed by atoms with Gasteiger partial charge in [0.25, 0.3) is 0 Å². The Morgan fingerprint density at radius 1 is 1.29 bits per heavy atom. The molecule has 0 bridgehead atoms. The molecule has 1 amide bonds. The minimum absolute atomic E-state index is 0.0641. The van der Waals surface area contributed by atoms with Gasteiger partial charge in [0.15, 0.2) is 0 Å². The summed E-state index contributed by atoms with van der Waals surface area (Å²) in [6.45, 7) is 6.13. The van der Waals surface area contributed by atoms with Crippen molar-refractivity contribution in [3.8, 4) is 5.75 Å². The fraction of sp³-hybridized carbons (Fsp3) is 0.588. The van der Waals surface area contributed by atoms with Crippen molar-refractivity contribution in [1.29, 1.82) is 0 Å². The van der Waals surface area contributed by atoms with E-state index in [4.69, 9.17) is 4.74 Å². The first-order valence-electron chi connectivity index (χ1n) is 7.71. The maximum atomic E-state index is 11.2. The average Bonchev–Trinajstić information content (AvgIpc) is 2.42. The molecule has 1 aliphatic rings. The Balaban J connectivity index is 2.18. The van der Waals surface area contributed by atoms with Gasteiger partial charge in [-0.1, -0.05) is 20.3 Å². The normalized spacial score (nSPS) is 25.2. The van der Waals surface area contributed by atoms with E-state index in [9.17, 15) is 4.79 Å². The summed E-state index contributed by atoms with van der Waals surface area (Å²) in [6, 6.07) is 6.16. The number of benzene rings is 1. The Morgan fingerprint density at radius 2 is 2.05 bits per heavy atom. The molecule has 1 fully saturated rings. The molecule has 0 radical (unpaired) electrons. The Morgan fingerprint density at radius 3 is 2.71 bits per heavy atom. The molecule has 0 aliphatic heterocycles. The molecular formula is C17H26N2O2. The number of nitrogens with one attached hydrogen (secondary N) is 2. The van der Waals surface area contributed by atoms with Crippen molar-refractivity contribution in [3.05, 3.63) is 18.2 Å². The highest BCUT2D eigenvalue weighted by atomic mass is 16.5. The zero-order chi connectivity index (χ0) is 15.4. The van der Waals surface area contributed by atoms with Crippen molar-refractivity contribution >= 4 is 17.3 Å². The molecule has 21 heavy (non-hydrogen) atoms. The topological polar surface area (TPSA) is 50.4 Å². The lowest BCUT2D eigenvalue weighted by molar-refractivity contribution is -0.114. The van der Waals surface area contributed by atoms with E-state index in [1.807, 2.05) is 18.2 Å². The summed E-state index contributed by atoms with van der Waals surface area (Å²) >= 11 is 0. The summed E-state index contributed by atoms with van der Waals surface area (Å²) in [4.78, 5) is 11.2. The molecule has 3 atom stereocenters. The molecule has 0 saturated heterocycles. The molecule has 2 N–H and O–H groups in total. The molecule has 0 aromatic heterocycles. The third kappa shape index (κ3) is 4.13. The van der Waals surface area contributed by atoms with Gasteiger partial charge in [0.1, 0.15) is 5.75 Å². The van der Waals surface area contributed by atoms with Crippen LogP contribution in [0.4, 0.5) is 11.4 Å². The van der Waals surface area contributed by atoms with Crippen LogP contribution in [0.3, 0.4) is 0 Å². The van der Waals surface area contributed by atoms with Gasteiger partial charge in [0.05, 0.1) is 12.8 Å². The summed E-state index contributed by atoms with van der Waals surface area (Å²) in [6.07, 6.45) is 3.74. The number of rotatable bonds is 4. The van der Waals surface area contributed by atoms with Crippen LogP contribution >= 0.6 is 0 Å². The molecule has 2 rings (SSSR count). The number of ether oxygens (including phenoxy) is 1. The van der Waals surface area contributed by atoms with E-state index in [2.05, 4.69) is 24.5 Å². The molecule has 0 spiro atoms. The van der Waals surface area contributed by atoms with Crippen LogP contribution in [0.2, 0.25) is 0 Å². The molecule has 1 aromatic carbocycles. The predicted octanol–water partition coefficient (Wildman–Crippen LogP) is 3.89. The summed E-state index contributed by atoms with van der Waals surface area (Å²) in [5.41, 5.74) is 1.75. The maximum Gasteiger partial charge on any atom is 0.221 e. The van der Waals surface area contributed by atoms with Gasteiger partial charge in [-0.25, -0.2) is 0 Å². The van der Waals surface area contributed by atoms with E-state index in [-0.39, 0.29) is 5.91 Å². The third-order valence-corrected chi connectivity index (χ3v) is 4.32. The molecule has 4 nitrogen and oxygen atoms in total. The molecular weight excluding hydrogens is 264 g/mol. The standard InChI is InChI=1S/C17H26N2O2/c1-11-5-6-12(2)15(9-11)19-16-10-14(18-13(3)20)7-8-17(16)21-4/h7-8,10-12,15,19H,5-6,9H2,1-4H3,(H,18,20). The molecule has 0 heterocycles. The first-order valence-corrected chi connectivity index (χ1v) is 7.71. The SMILES string of the molecule is COc1ccc(NC(C)=O)cc1NC1CC(C)CCC1C. The predicted molar refractivity (Wildman–Crippen MR) is 86.9 cm³/mol. The first kappa shape index (κ1) is 15.7. The van der Waals surface area contributed by atoms with E-state index in [1.54, 1.807) is 7.11 Å².